The summed E-state index contributed by atoms with van der Waals surface area (Å²) in [6.07, 6.45) is 52.9. The third-order valence-corrected chi connectivity index (χ3v) is 12.9. The van der Waals surface area contributed by atoms with Crippen molar-refractivity contribution < 1.29 is 47.8 Å². The highest BCUT2D eigenvalue weighted by atomic mass is 31.2. The summed E-state index contributed by atoms with van der Waals surface area (Å²) in [5.74, 6) is -1.01. The minimum absolute atomic E-state index is 0.190. The van der Waals surface area contributed by atoms with E-state index >= 15 is 0 Å². The number of ether oxygens (including phenoxy) is 2. The van der Waals surface area contributed by atoms with E-state index in [0.717, 1.165) is 51.4 Å². The number of hydrogen-bond donors (Lipinski definition) is 3. The van der Waals surface area contributed by atoms with Gasteiger partial charge in [0.1, 0.15) is 12.2 Å². The van der Waals surface area contributed by atoms with Gasteiger partial charge < -0.3 is 24.6 Å². The van der Waals surface area contributed by atoms with Crippen LogP contribution in [-0.4, -0.2) is 65.7 Å². The Morgan fingerprint density at radius 3 is 0.969 bits per heavy atom. The monoisotopic (exact) mass is 929 g/mol. The molecule has 10 nitrogen and oxygen atoms in total. The number of aliphatic hydroxyl groups excluding tert-OH is 2. The second-order valence-corrected chi connectivity index (χ2v) is 19.7. The van der Waals surface area contributed by atoms with Crippen molar-refractivity contribution in [2.45, 2.75) is 276 Å². The number of hydrogen-bond acceptors (Lipinski definition) is 9. The van der Waals surface area contributed by atoms with Gasteiger partial charge in [-0.15, -0.1) is 0 Å². The fraction of sp³-hybridized carbons (Fsp3) is 0.887. The van der Waals surface area contributed by atoms with E-state index in [1.165, 1.54) is 173 Å². The Morgan fingerprint density at radius 2 is 0.688 bits per heavy atom. The lowest BCUT2D eigenvalue weighted by molar-refractivity contribution is -0.153. The molecule has 0 aliphatic rings. The van der Waals surface area contributed by atoms with Crippen molar-refractivity contribution in [3.05, 3.63) is 24.3 Å². The summed E-state index contributed by atoms with van der Waals surface area (Å²) in [6.45, 7) is 2.25. The molecule has 11 heteroatoms. The molecule has 0 aromatic rings. The van der Waals surface area contributed by atoms with Crippen LogP contribution in [0.3, 0.4) is 0 Å². The average molecular weight is 929 g/mol. The number of allylic oxidation sites excluding steroid dienone is 4. The zero-order chi connectivity index (χ0) is 46.9. The number of carbonyl (C=O) groups excluding carboxylic acids is 2. The van der Waals surface area contributed by atoms with Crippen LogP contribution in [0.4, 0.5) is 0 Å². The third kappa shape index (κ3) is 47.0. The number of esters is 2. The molecule has 3 unspecified atom stereocenters. The largest absolute Gasteiger partial charge is 0.472 e. The summed E-state index contributed by atoms with van der Waals surface area (Å²) in [5.41, 5.74) is 0. The van der Waals surface area contributed by atoms with Gasteiger partial charge in [0, 0.05) is 12.8 Å². The number of phosphoric ester groups is 1. The SMILES string of the molecule is CCCCCCC/C=C\C/C=C\CCCCCCCCCCCC(=O)OC(CO)COP(=O)(O)OCC(CO)OC(=O)CCCCCCCCCCCCCCCCCCCCCC. The van der Waals surface area contributed by atoms with Crippen LogP contribution >= 0.6 is 7.82 Å². The highest BCUT2D eigenvalue weighted by Crippen LogP contribution is 2.43. The number of rotatable bonds is 51. The zero-order valence-corrected chi connectivity index (χ0v) is 42.4. The van der Waals surface area contributed by atoms with E-state index in [9.17, 15) is 29.3 Å². The van der Waals surface area contributed by atoms with Gasteiger partial charge in [0.25, 0.3) is 0 Å². The average Bonchev–Trinajstić information content (AvgIpc) is 3.29. The van der Waals surface area contributed by atoms with Crippen molar-refractivity contribution in [2.75, 3.05) is 26.4 Å². The molecule has 0 radical (unpaired) electrons. The molecule has 3 N–H and O–H groups in total. The lowest BCUT2D eigenvalue weighted by Crippen LogP contribution is -2.28. The van der Waals surface area contributed by atoms with E-state index in [1.807, 2.05) is 0 Å². The molecule has 378 valence electrons. The number of unbranched alkanes of at least 4 members (excludes halogenated alkanes) is 33. The molecule has 0 aliphatic heterocycles. The summed E-state index contributed by atoms with van der Waals surface area (Å²) in [5, 5.41) is 19.3. The first-order valence-corrected chi connectivity index (χ1v) is 28.3. The minimum Gasteiger partial charge on any atom is -0.457 e. The van der Waals surface area contributed by atoms with E-state index in [1.54, 1.807) is 0 Å². The number of carbonyl (C=O) groups is 2. The van der Waals surface area contributed by atoms with Crippen LogP contribution in [-0.2, 0) is 32.7 Å². The maximum atomic E-state index is 12.4. The summed E-state index contributed by atoms with van der Waals surface area (Å²) < 4.78 is 32.8. The molecule has 0 rings (SSSR count). The van der Waals surface area contributed by atoms with Crippen LogP contribution in [0.15, 0.2) is 24.3 Å². The second kappa shape index (κ2) is 49.4. The van der Waals surface area contributed by atoms with Crippen LogP contribution in [0.2, 0.25) is 0 Å². The summed E-state index contributed by atoms with van der Waals surface area (Å²) >= 11 is 0. The van der Waals surface area contributed by atoms with Crippen LogP contribution in [0.1, 0.15) is 264 Å². The smallest absolute Gasteiger partial charge is 0.457 e. The molecule has 64 heavy (non-hydrogen) atoms. The lowest BCUT2D eigenvalue weighted by Gasteiger charge is -2.20. The maximum Gasteiger partial charge on any atom is 0.472 e. The summed E-state index contributed by atoms with van der Waals surface area (Å²) in [7, 11) is -4.64. The van der Waals surface area contributed by atoms with Crippen molar-refractivity contribution in [3.63, 3.8) is 0 Å². The van der Waals surface area contributed by atoms with Gasteiger partial charge in [-0.1, -0.05) is 231 Å². The van der Waals surface area contributed by atoms with Crippen molar-refractivity contribution >= 4 is 19.8 Å². The van der Waals surface area contributed by atoms with E-state index in [2.05, 4.69) is 38.2 Å². The van der Waals surface area contributed by atoms with Crippen molar-refractivity contribution in [2.24, 2.45) is 0 Å². The summed E-state index contributed by atoms with van der Waals surface area (Å²) in [4.78, 5) is 34.7. The fourth-order valence-corrected chi connectivity index (χ4v) is 8.58. The first kappa shape index (κ1) is 62.4. The molecule has 0 saturated heterocycles. The zero-order valence-electron chi connectivity index (χ0n) is 41.5. The Kier molecular flexibility index (Phi) is 48.2. The molecule has 0 bridgehead atoms. The van der Waals surface area contributed by atoms with E-state index < -0.39 is 58.4 Å². The normalized spacial score (nSPS) is 13.8. The molecule has 0 saturated carbocycles. The predicted molar refractivity (Wildman–Crippen MR) is 265 cm³/mol. The quantitative estimate of drug-likeness (QED) is 0.0233. The minimum atomic E-state index is -4.64. The molecule has 0 spiro atoms. The Labute approximate surface area is 393 Å². The highest BCUT2D eigenvalue weighted by Gasteiger charge is 2.27. The van der Waals surface area contributed by atoms with Gasteiger partial charge in [-0.05, 0) is 44.9 Å². The van der Waals surface area contributed by atoms with Gasteiger partial charge >= 0.3 is 19.8 Å². The first-order valence-electron chi connectivity index (χ1n) is 26.8. The van der Waals surface area contributed by atoms with Gasteiger partial charge in [0.15, 0.2) is 0 Å². The van der Waals surface area contributed by atoms with Gasteiger partial charge in [-0.2, -0.15) is 0 Å². The molecule has 3 atom stereocenters. The Morgan fingerprint density at radius 1 is 0.422 bits per heavy atom. The predicted octanol–water partition coefficient (Wildman–Crippen LogP) is 15.3. The van der Waals surface area contributed by atoms with Crippen molar-refractivity contribution in [1.29, 1.82) is 0 Å². The fourth-order valence-electron chi connectivity index (χ4n) is 7.80. The van der Waals surface area contributed by atoms with E-state index in [0.29, 0.717) is 12.8 Å². The molecule has 0 aromatic heterocycles. The third-order valence-electron chi connectivity index (χ3n) is 11.9. The Hall–Kier alpha value is -1.55. The van der Waals surface area contributed by atoms with E-state index in [4.69, 9.17) is 18.5 Å². The molecule has 0 fully saturated rings. The lowest BCUT2D eigenvalue weighted by atomic mass is 10.0. The van der Waals surface area contributed by atoms with E-state index in [-0.39, 0.29) is 12.8 Å². The molecular weight excluding hydrogens is 828 g/mol. The number of phosphoric acid groups is 1. The first-order chi connectivity index (χ1) is 31.3. The van der Waals surface area contributed by atoms with Gasteiger partial charge in [-0.3, -0.25) is 18.6 Å². The standard InChI is InChI=1S/C53H101O10P/c1-3-5-7-9-11-13-15-17-19-21-23-25-27-29-31-33-35-37-39-41-43-45-53(57)63-51(47-55)49-61-64(58,59)60-48-50(46-54)62-52(56)44-42-40-38-36-34-32-30-28-26-24-22-20-18-16-14-12-10-8-6-4-2/h15,17,21,23,50-51,54-55H,3-14,16,18-20,22,24-49H2,1-2H3,(H,58,59)/b17-15-,23-21-. The summed E-state index contributed by atoms with van der Waals surface area (Å²) in [6, 6.07) is 0. The van der Waals surface area contributed by atoms with Gasteiger partial charge in [0.2, 0.25) is 0 Å². The van der Waals surface area contributed by atoms with Crippen molar-refractivity contribution in [3.8, 4) is 0 Å². The van der Waals surface area contributed by atoms with Gasteiger partial charge in [-0.25, -0.2) is 4.57 Å². The van der Waals surface area contributed by atoms with Crippen molar-refractivity contribution in [1.82, 2.24) is 0 Å². The second-order valence-electron chi connectivity index (χ2n) is 18.2. The van der Waals surface area contributed by atoms with Crippen LogP contribution in [0, 0.1) is 0 Å². The molecule has 0 heterocycles. The molecular formula is C53H101O10P. The molecule has 0 amide bonds. The van der Waals surface area contributed by atoms with Crippen LogP contribution < -0.4 is 0 Å². The Bertz CT molecular complexity index is 1110. The van der Waals surface area contributed by atoms with Gasteiger partial charge in [0.05, 0.1) is 26.4 Å². The van der Waals surface area contributed by atoms with Crippen LogP contribution in [0.25, 0.3) is 0 Å². The number of aliphatic hydroxyl groups is 2. The topological polar surface area (TPSA) is 149 Å². The van der Waals surface area contributed by atoms with Crippen LogP contribution in [0.5, 0.6) is 0 Å². The Balaban J connectivity index is 3.80. The molecule has 0 aromatic carbocycles. The molecule has 0 aliphatic carbocycles. The maximum absolute atomic E-state index is 12.4. The highest BCUT2D eigenvalue weighted by molar-refractivity contribution is 7.47.